The molecule has 0 atom stereocenters. The van der Waals surface area contributed by atoms with Crippen LogP contribution in [0.25, 0.3) is 11.6 Å². The molecule has 0 saturated heterocycles. The molecule has 136 valence electrons. The summed E-state index contributed by atoms with van der Waals surface area (Å²) in [6.07, 6.45) is 3.71. The minimum atomic E-state index is -0.304. The first-order valence-corrected chi connectivity index (χ1v) is 9.94. The number of fused-ring (bicyclic) bond motifs is 1. The Hall–Kier alpha value is -2.51. The number of aliphatic imine (C=N–C) groups is 1. The molecule has 0 aliphatic carbocycles. The Kier molecular flexibility index (Phi) is 4.80. The molecule has 4 nitrogen and oxygen atoms in total. The van der Waals surface area contributed by atoms with Crippen LogP contribution in [0.3, 0.4) is 0 Å². The highest BCUT2D eigenvalue weighted by Crippen LogP contribution is 2.36. The van der Waals surface area contributed by atoms with Gasteiger partial charge < -0.3 is 5.11 Å². The number of thiazole rings is 1. The standard InChI is InChI=1S/C20H15BrFN3OS/c1-2-25-19(26)18(27-20(25)24-15-6-4-14(22)5-7-15)9-12-11-23-17-8-3-13(21)10-16(12)17/h3-11,26H,2H2,1H3. The van der Waals surface area contributed by atoms with Gasteiger partial charge >= 0.3 is 0 Å². The van der Waals surface area contributed by atoms with E-state index < -0.39 is 0 Å². The summed E-state index contributed by atoms with van der Waals surface area (Å²) in [6.45, 7) is 2.51. The fourth-order valence-electron chi connectivity index (χ4n) is 2.83. The van der Waals surface area contributed by atoms with Crippen LogP contribution in [0, 0.1) is 5.82 Å². The van der Waals surface area contributed by atoms with Crippen LogP contribution in [-0.2, 0) is 6.54 Å². The van der Waals surface area contributed by atoms with Crippen LogP contribution in [-0.4, -0.2) is 15.9 Å². The van der Waals surface area contributed by atoms with E-state index in [1.54, 1.807) is 22.9 Å². The summed E-state index contributed by atoms with van der Waals surface area (Å²) in [5, 5.41) is 10.6. The van der Waals surface area contributed by atoms with Crippen molar-refractivity contribution in [2.24, 2.45) is 9.98 Å². The third-order valence-electron chi connectivity index (χ3n) is 4.17. The smallest absolute Gasteiger partial charge is 0.211 e. The Morgan fingerprint density at radius 3 is 2.78 bits per heavy atom. The number of allylic oxidation sites excluding steroid dienone is 1. The Bertz CT molecular complexity index is 1140. The fraction of sp³-hybridized carbons (Fsp3) is 0.100. The van der Waals surface area contributed by atoms with E-state index in [-0.39, 0.29) is 11.7 Å². The molecule has 2 heterocycles. The van der Waals surface area contributed by atoms with Gasteiger partial charge in [0.2, 0.25) is 5.88 Å². The summed E-state index contributed by atoms with van der Waals surface area (Å²) < 4.78 is 15.8. The van der Waals surface area contributed by atoms with Gasteiger partial charge in [0.05, 0.1) is 16.3 Å². The van der Waals surface area contributed by atoms with Gasteiger partial charge in [-0.2, -0.15) is 0 Å². The van der Waals surface area contributed by atoms with E-state index in [2.05, 4.69) is 25.9 Å². The lowest BCUT2D eigenvalue weighted by Gasteiger charge is -2.01. The molecule has 0 unspecified atom stereocenters. The van der Waals surface area contributed by atoms with E-state index in [0.29, 0.717) is 21.9 Å². The van der Waals surface area contributed by atoms with Gasteiger partial charge in [-0.25, -0.2) is 9.38 Å². The number of nitrogens with zero attached hydrogens (tertiary/aromatic N) is 3. The van der Waals surface area contributed by atoms with Gasteiger partial charge in [0, 0.05) is 28.4 Å². The summed E-state index contributed by atoms with van der Waals surface area (Å²) in [6, 6.07) is 11.9. The maximum atomic E-state index is 13.1. The number of aromatic nitrogens is 1. The van der Waals surface area contributed by atoms with Crippen molar-refractivity contribution in [1.82, 2.24) is 4.57 Å². The molecule has 0 amide bonds. The number of hydrogen-bond acceptors (Lipinski definition) is 4. The molecule has 0 fully saturated rings. The molecule has 2 aromatic carbocycles. The van der Waals surface area contributed by atoms with E-state index in [1.807, 2.05) is 31.2 Å². The average Bonchev–Trinajstić information content (AvgIpc) is 3.18. The third kappa shape index (κ3) is 3.52. The first-order valence-electron chi connectivity index (χ1n) is 8.33. The highest BCUT2D eigenvalue weighted by Gasteiger charge is 2.16. The van der Waals surface area contributed by atoms with Crippen LogP contribution in [0.2, 0.25) is 0 Å². The fourth-order valence-corrected chi connectivity index (χ4v) is 4.25. The van der Waals surface area contributed by atoms with E-state index >= 15 is 0 Å². The number of aromatic hydroxyl groups is 1. The largest absolute Gasteiger partial charge is 0.493 e. The highest BCUT2D eigenvalue weighted by molar-refractivity contribution is 9.10. The van der Waals surface area contributed by atoms with Crippen molar-refractivity contribution in [3.63, 3.8) is 0 Å². The van der Waals surface area contributed by atoms with Gasteiger partial charge in [-0.3, -0.25) is 9.56 Å². The van der Waals surface area contributed by atoms with E-state index in [1.165, 1.54) is 23.5 Å². The molecular weight excluding hydrogens is 429 g/mol. The van der Waals surface area contributed by atoms with Crippen molar-refractivity contribution >= 4 is 56.5 Å². The van der Waals surface area contributed by atoms with Gasteiger partial charge in [-0.1, -0.05) is 27.3 Å². The van der Waals surface area contributed by atoms with Crippen LogP contribution in [0.15, 0.2) is 56.9 Å². The minimum absolute atomic E-state index is 0.160. The van der Waals surface area contributed by atoms with Crippen molar-refractivity contribution in [2.45, 2.75) is 13.5 Å². The zero-order valence-corrected chi connectivity index (χ0v) is 16.8. The van der Waals surface area contributed by atoms with Crippen LogP contribution >= 0.6 is 27.3 Å². The maximum absolute atomic E-state index is 13.1. The summed E-state index contributed by atoms with van der Waals surface area (Å²) in [7, 11) is 0. The molecule has 3 aromatic rings. The third-order valence-corrected chi connectivity index (χ3v) is 5.68. The molecule has 0 bridgehead atoms. The Balaban J connectivity index is 1.80. The van der Waals surface area contributed by atoms with Gasteiger partial charge in [0.15, 0.2) is 4.80 Å². The zero-order chi connectivity index (χ0) is 19.0. The molecule has 0 saturated carbocycles. The first kappa shape index (κ1) is 17.9. The van der Waals surface area contributed by atoms with Crippen LogP contribution in [0.4, 0.5) is 15.8 Å². The van der Waals surface area contributed by atoms with E-state index in [4.69, 9.17) is 0 Å². The maximum Gasteiger partial charge on any atom is 0.211 e. The normalized spacial score (nSPS) is 14.9. The molecule has 27 heavy (non-hydrogen) atoms. The summed E-state index contributed by atoms with van der Waals surface area (Å²) in [5.74, 6) is -0.144. The topological polar surface area (TPSA) is 49.9 Å². The zero-order valence-electron chi connectivity index (χ0n) is 14.4. The number of hydrogen-bond donors (Lipinski definition) is 1. The molecule has 7 heteroatoms. The number of rotatable bonds is 3. The SMILES string of the molecule is CCn1c(O)c(C=C2C=Nc3ccc(Br)cc32)sc1=Nc1ccc(F)cc1. The quantitative estimate of drug-likeness (QED) is 0.557. The van der Waals surface area contributed by atoms with Crippen LogP contribution in [0.5, 0.6) is 5.88 Å². The lowest BCUT2D eigenvalue weighted by molar-refractivity contribution is 0.416. The lowest BCUT2D eigenvalue weighted by atomic mass is 10.1. The summed E-state index contributed by atoms with van der Waals surface area (Å²) >= 11 is 4.86. The van der Waals surface area contributed by atoms with Crippen molar-refractivity contribution in [2.75, 3.05) is 0 Å². The first-order chi connectivity index (χ1) is 13.0. The average molecular weight is 444 g/mol. The second kappa shape index (κ2) is 7.25. The number of halogens is 2. The molecule has 4 rings (SSSR count). The minimum Gasteiger partial charge on any atom is -0.493 e. The molecular formula is C20H15BrFN3OS. The Morgan fingerprint density at radius 2 is 2.04 bits per heavy atom. The van der Waals surface area contributed by atoms with Gasteiger partial charge in [-0.15, -0.1) is 0 Å². The predicted octanol–water partition coefficient (Wildman–Crippen LogP) is 5.67. The van der Waals surface area contributed by atoms with Gasteiger partial charge in [0.1, 0.15) is 5.82 Å². The molecule has 1 N–H and O–H groups in total. The Morgan fingerprint density at radius 1 is 1.26 bits per heavy atom. The van der Waals surface area contributed by atoms with E-state index in [9.17, 15) is 9.50 Å². The van der Waals surface area contributed by atoms with Gasteiger partial charge in [-0.05, 0) is 55.5 Å². The monoisotopic (exact) mass is 443 g/mol. The van der Waals surface area contributed by atoms with Crippen LogP contribution in [0.1, 0.15) is 17.4 Å². The summed E-state index contributed by atoms with van der Waals surface area (Å²) in [5.41, 5.74) is 3.48. The van der Waals surface area contributed by atoms with Crippen LogP contribution < -0.4 is 4.80 Å². The predicted molar refractivity (Wildman–Crippen MR) is 111 cm³/mol. The Labute approximate surface area is 167 Å². The van der Waals surface area contributed by atoms with Crippen molar-refractivity contribution < 1.29 is 9.50 Å². The summed E-state index contributed by atoms with van der Waals surface area (Å²) in [4.78, 5) is 10.3. The lowest BCUT2D eigenvalue weighted by Crippen LogP contribution is -2.12. The number of benzene rings is 2. The van der Waals surface area contributed by atoms with E-state index in [0.717, 1.165) is 21.3 Å². The second-order valence-electron chi connectivity index (χ2n) is 5.92. The highest BCUT2D eigenvalue weighted by atomic mass is 79.9. The van der Waals surface area contributed by atoms with Crippen molar-refractivity contribution in [1.29, 1.82) is 0 Å². The molecule has 1 aliphatic rings. The molecule has 0 spiro atoms. The molecule has 1 aliphatic heterocycles. The molecule has 1 aromatic heterocycles. The van der Waals surface area contributed by atoms with Gasteiger partial charge in [0.25, 0.3) is 0 Å². The van der Waals surface area contributed by atoms with Crippen molar-refractivity contribution in [3.8, 4) is 5.88 Å². The second-order valence-corrected chi connectivity index (χ2v) is 7.85. The molecule has 0 radical (unpaired) electrons. The van der Waals surface area contributed by atoms with Crippen molar-refractivity contribution in [3.05, 3.63) is 68.0 Å².